The van der Waals surface area contributed by atoms with E-state index in [1.807, 2.05) is 0 Å². The first-order valence-corrected chi connectivity index (χ1v) is 6.04. The lowest BCUT2D eigenvalue weighted by Gasteiger charge is -1.99. The van der Waals surface area contributed by atoms with E-state index in [2.05, 4.69) is 47.8 Å². The smallest absolute Gasteiger partial charge is 0.0866 e. The predicted molar refractivity (Wildman–Crippen MR) is 58.1 cm³/mol. The second-order valence-corrected chi connectivity index (χ2v) is 6.00. The van der Waals surface area contributed by atoms with Gasteiger partial charge >= 0.3 is 0 Å². The number of aliphatic hydroxyl groups is 1. The second-order valence-electron chi connectivity index (χ2n) is 2.04. The molecule has 0 unspecified atom stereocenters. The minimum Gasteiger partial charge on any atom is -0.388 e. The molecule has 62 valence electrons. The van der Waals surface area contributed by atoms with Crippen LogP contribution in [-0.4, -0.2) is 5.11 Å². The van der Waals surface area contributed by atoms with E-state index in [1.165, 1.54) is 11.3 Å². The summed E-state index contributed by atoms with van der Waals surface area (Å²) in [6.45, 7) is 1.75. The van der Waals surface area contributed by atoms with E-state index in [9.17, 15) is 5.11 Å². The van der Waals surface area contributed by atoms with Crippen LogP contribution >= 0.6 is 59.1 Å². The summed E-state index contributed by atoms with van der Waals surface area (Å²) in [4.78, 5) is 0.934. The van der Waals surface area contributed by atoms with Crippen LogP contribution in [0.15, 0.2) is 12.7 Å². The summed E-state index contributed by atoms with van der Waals surface area (Å²) in [6.07, 6.45) is -0.419. The molecule has 0 radical (unpaired) electrons. The molecule has 1 N–H and O–H groups in total. The molecular weight excluding hydrogens is 360 g/mol. The summed E-state index contributed by atoms with van der Waals surface area (Å²) < 4.78 is 2.91. The maximum absolute atomic E-state index is 9.28. The van der Waals surface area contributed by atoms with Gasteiger partial charge in [-0.3, -0.25) is 0 Å². The summed E-state index contributed by atoms with van der Waals surface area (Å²) in [6, 6.07) is 0. The zero-order valence-electron chi connectivity index (χ0n) is 5.57. The fourth-order valence-electron chi connectivity index (χ4n) is 0.649. The van der Waals surface area contributed by atoms with E-state index in [-0.39, 0.29) is 0 Å². The quantitative estimate of drug-likeness (QED) is 0.795. The average Bonchev–Trinajstić information content (AvgIpc) is 2.17. The topological polar surface area (TPSA) is 20.2 Å². The van der Waals surface area contributed by atoms with Crippen LogP contribution in [-0.2, 0) is 0 Å². The van der Waals surface area contributed by atoms with Crippen LogP contribution in [0.3, 0.4) is 0 Å². The van der Waals surface area contributed by atoms with Gasteiger partial charge in [0.1, 0.15) is 0 Å². The van der Waals surface area contributed by atoms with E-state index in [1.54, 1.807) is 6.92 Å². The van der Waals surface area contributed by atoms with E-state index in [0.717, 1.165) is 17.6 Å². The largest absolute Gasteiger partial charge is 0.388 e. The van der Waals surface area contributed by atoms with Crippen LogP contribution in [0.1, 0.15) is 17.9 Å². The minimum absolute atomic E-state index is 0.419. The van der Waals surface area contributed by atoms with Crippen LogP contribution < -0.4 is 0 Å². The number of rotatable bonds is 1. The molecule has 0 spiro atoms. The molecule has 0 saturated heterocycles. The first kappa shape index (κ1) is 10.2. The average molecular weight is 365 g/mol. The zero-order valence-corrected chi connectivity index (χ0v) is 11.1. The first-order chi connectivity index (χ1) is 5.04. The molecule has 0 amide bonds. The van der Waals surface area contributed by atoms with E-state index >= 15 is 0 Å². The Morgan fingerprint density at radius 3 is 2.00 bits per heavy atom. The zero-order chi connectivity index (χ0) is 8.59. The molecule has 11 heavy (non-hydrogen) atoms. The standard InChI is InChI=1S/C6H5Br3OS/c1-2(10)5-3(7)4(8)6(9)11-5/h2,10H,1H3/t2-/m1/s1. The van der Waals surface area contributed by atoms with Gasteiger partial charge in [0.2, 0.25) is 0 Å². The highest BCUT2D eigenvalue weighted by Gasteiger charge is 2.15. The molecule has 5 heteroatoms. The van der Waals surface area contributed by atoms with Crippen molar-refractivity contribution in [3.05, 3.63) is 17.6 Å². The number of halogens is 3. The summed E-state index contributed by atoms with van der Waals surface area (Å²) >= 11 is 11.6. The predicted octanol–water partition coefficient (Wildman–Crippen LogP) is 4.09. The van der Waals surface area contributed by atoms with Gasteiger partial charge in [-0.25, -0.2) is 0 Å². The molecule has 0 saturated carbocycles. The summed E-state index contributed by atoms with van der Waals surface area (Å²) in [7, 11) is 0. The van der Waals surface area contributed by atoms with Crippen molar-refractivity contribution in [3.8, 4) is 0 Å². The van der Waals surface area contributed by atoms with Crippen molar-refractivity contribution in [2.24, 2.45) is 0 Å². The number of hydrogen-bond acceptors (Lipinski definition) is 2. The van der Waals surface area contributed by atoms with Crippen molar-refractivity contribution in [1.29, 1.82) is 0 Å². The van der Waals surface area contributed by atoms with Crippen molar-refractivity contribution in [1.82, 2.24) is 0 Å². The summed E-state index contributed by atoms with van der Waals surface area (Å²) in [5.41, 5.74) is 0. The SMILES string of the molecule is C[C@@H](O)c1sc(Br)c(Br)c1Br. The monoisotopic (exact) mass is 362 g/mol. The lowest BCUT2D eigenvalue weighted by Crippen LogP contribution is -1.85. The molecule has 1 rings (SSSR count). The van der Waals surface area contributed by atoms with Gasteiger partial charge in [0.05, 0.1) is 14.4 Å². The van der Waals surface area contributed by atoms with Crippen molar-refractivity contribution in [2.45, 2.75) is 13.0 Å². The molecule has 0 aliphatic carbocycles. The van der Waals surface area contributed by atoms with Crippen molar-refractivity contribution >= 4 is 59.1 Å². The van der Waals surface area contributed by atoms with Gasteiger partial charge in [-0.2, -0.15) is 0 Å². The van der Waals surface area contributed by atoms with Crippen LogP contribution in [0.2, 0.25) is 0 Å². The third-order valence-corrected chi connectivity index (χ3v) is 6.40. The summed E-state index contributed by atoms with van der Waals surface area (Å²) in [5, 5.41) is 9.28. The third-order valence-electron chi connectivity index (χ3n) is 1.16. The Kier molecular flexibility index (Phi) is 3.58. The highest BCUT2D eigenvalue weighted by atomic mass is 79.9. The van der Waals surface area contributed by atoms with Gasteiger partial charge in [-0.05, 0) is 54.7 Å². The third kappa shape index (κ3) is 2.06. The molecule has 0 aliphatic rings. The second kappa shape index (κ2) is 3.87. The van der Waals surface area contributed by atoms with E-state index in [4.69, 9.17) is 0 Å². The molecular formula is C6H5Br3OS. The Bertz CT molecular complexity index is 269. The van der Waals surface area contributed by atoms with Crippen molar-refractivity contribution in [3.63, 3.8) is 0 Å². The Labute approximate surface area is 94.2 Å². The molecule has 1 aromatic heterocycles. The molecule has 0 bridgehead atoms. The van der Waals surface area contributed by atoms with Gasteiger partial charge in [0.25, 0.3) is 0 Å². The fraction of sp³-hybridized carbons (Fsp3) is 0.333. The van der Waals surface area contributed by atoms with Crippen LogP contribution in [0, 0.1) is 0 Å². The van der Waals surface area contributed by atoms with Crippen molar-refractivity contribution < 1.29 is 5.11 Å². The highest BCUT2D eigenvalue weighted by molar-refractivity contribution is 9.14. The van der Waals surface area contributed by atoms with Gasteiger partial charge in [-0.15, -0.1) is 11.3 Å². The van der Waals surface area contributed by atoms with Gasteiger partial charge in [0, 0.05) is 9.35 Å². The number of thiophene rings is 1. The lowest BCUT2D eigenvalue weighted by atomic mass is 10.3. The first-order valence-electron chi connectivity index (χ1n) is 2.85. The molecule has 1 aromatic rings. The van der Waals surface area contributed by atoms with Gasteiger partial charge in [0.15, 0.2) is 0 Å². The highest BCUT2D eigenvalue weighted by Crippen LogP contribution is 2.43. The van der Waals surface area contributed by atoms with E-state index < -0.39 is 6.10 Å². The Morgan fingerprint density at radius 1 is 1.27 bits per heavy atom. The van der Waals surface area contributed by atoms with Crippen molar-refractivity contribution in [2.75, 3.05) is 0 Å². The number of aliphatic hydroxyl groups excluding tert-OH is 1. The van der Waals surface area contributed by atoms with E-state index in [0.29, 0.717) is 0 Å². The maximum atomic E-state index is 9.28. The molecule has 0 aliphatic heterocycles. The fourth-order valence-corrected chi connectivity index (χ4v) is 3.87. The van der Waals surface area contributed by atoms with Gasteiger partial charge in [-0.1, -0.05) is 0 Å². The maximum Gasteiger partial charge on any atom is 0.0866 e. The van der Waals surface area contributed by atoms with Crippen LogP contribution in [0.4, 0.5) is 0 Å². The van der Waals surface area contributed by atoms with Gasteiger partial charge < -0.3 is 5.11 Å². The number of hydrogen-bond donors (Lipinski definition) is 1. The lowest BCUT2D eigenvalue weighted by molar-refractivity contribution is 0.202. The molecule has 0 aromatic carbocycles. The normalized spacial score (nSPS) is 13.5. The molecule has 1 nitrogen and oxygen atoms in total. The minimum atomic E-state index is -0.419. The molecule has 1 heterocycles. The summed E-state index contributed by atoms with van der Waals surface area (Å²) in [5.74, 6) is 0. The van der Waals surface area contributed by atoms with Crippen LogP contribution in [0.25, 0.3) is 0 Å². The Morgan fingerprint density at radius 2 is 1.82 bits per heavy atom. The molecule has 0 fully saturated rings. The Balaban J connectivity index is 3.19. The van der Waals surface area contributed by atoms with Crippen LogP contribution in [0.5, 0.6) is 0 Å². The Hall–Kier alpha value is 1.10. The molecule has 1 atom stereocenters.